The second-order valence-corrected chi connectivity index (χ2v) is 5.77. The molecule has 0 saturated carbocycles. The Labute approximate surface area is 137 Å². The Kier molecular flexibility index (Phi) is 4.34. The number of aromatic hydroxyl groups is 1. The summed E-state index contributed by atoms with van der Waals surface area (Å²) in [6.07, 6.45) is 1.64. The average molecular weight is 326 g/mol. The summed E-state index contributed by atoms with van der Waals surface area (Å²) in [6, 6.07) is 14.1. The first-order chi connectivity index (χ1) is 11.2. The number of nitrogens with zero attached hydrogens (tertiary/aromatic N) is 1. The maximum atomic E-state index is 12.0. The summed E-state index contributed by atoms with van der Waals surface area (Å²) in [5.74, 6) is 0.650. The van der Waals surface area contributed by atoms with Gasteiger partial charge >= 0.3 is 0 Å². The summed E-state index contributed by atoms with van der Waals surface area (Å²) in [5.41, 5.74) is 1.31. The lowest BCUT2D eigenvalue weighted by molar-refractivity contribution is -0.115. The van der Waals surface area contributed by atoms with Gasteiger partial charge < -0.3 is 15.2 Å². The molecule has 1 heterocycles. The molecule has 23 heavy (non-hydrogen) atoms. The molecule has 0 unspecified atom stereocenters. The zero-order chi connectivity index (χ0) is 16.2. The number of aliphatic imine (C=N–C) groups is 1. The van der Waals surface area contributed by atoms with Crippen LogP contribution in [0.4, 0.5) is 5.69 Å². The molecular weight excluding hydrogens is 312 g/mol. The molecule has 0 atom stereocenters. The summed E-state index contributed by atoms with van der Waals surface area (Å²) < 4.78 is 5.09. The van der Waals surface area contributed by atoms with Gasteiger partial charge in [0.1, 0.15) is 11.5 Å². The van der Waals surface area contributed by atoms with E-state index < -0.39 is 0 Å². The van der Waals surface area contributed by atoms with Gasteiger partial charge in [-0.15, -0.1) is 0 Å². The smallest absolute Gasteiger partial charge is 0.264 e. The normalized spacial score (nSPS) is 17.5. The number of nitrogens with one attached hydrogen (secondary N) is 1. The zero-order valence-electron chi connectivity index (χ0n) is 12.3. The van der Waals surface area contributed by atoms with Gasteiger partial charge in [-0.2, -0.15) is 0 Å². The number of benzene rings is 2. The summed E-state index contributed by atoms with van der Waals surface area (Å²) in [6.45, 7) is 0. The largest absolute Gasteiger partial charge is 0.507 e. The average Bonchev–Trinajstić information content (AvgIpc) is 2.90. The van der Waals surface area contributed by atoms with Gasteiger partial charge in [0.05, 0.1) is 17.7 Å². The van der Waals surface area contributed by atoms with E-state index in [-0.39, 0.29) is 11.7 Å². The van der Waals surface area contributed by atoms with Crippen LogP contribution >= 0.6 is 11.8 Å². The molecule has 1 fully saturated rings. The summed E-state index contributed by atoms with van der Waals surface area (Å²) in [5, 5.41) is 13.0. The fourth-order valence-electron chi connectivity index (χ4n) is 2.01. The third-order valence-corrected chi connectivity index (χ3v) is 4.09. The Morgan fingerprint density at radius 3 is 2.61 bits per heavy atom. The molecule has 1 amide bonds. The predicted octanol–water partition coefficient (Wildman–Crippen LogP) is 3.29. The number of phenols is 1. The molecule has 1 saturated heterocycles. The van der Waals surface area contributed by atoms with E-state index in [1.54, 1.807) is 49.6 Å². The third-order valence-electron chi connectivity index (χ3n) is 3.18. The lowest BCUT2D eigenvalue weighted by Gasteiger charge is -2.00. The first-order valence-corrected chi connectivity index (χ1v) is 7.69. The molecule has 2 aromatic carbocycles. The zero-order valence-corrected chi connectivity index (χ0v) is 13.1. The van der Waals surface area contributed by atoms with E-state index in [0.29, 0.717) is 15.6 Å². The van der Waals surface area contributed by atoms with Gasteiger partial charge in [-0.3, -0.25) is 4.79 Å². The molecule has 1 aliphatic rings. The second-order valence-electron chi connectivity index (χ2n) is 4.74. The number of hydrogen-bond donors (Lipinski definition) is 2. The van der Waals surface area contributed by atoms with Crippen LogP contribution in [-0.4, -0.2) is 23.3 Å². The van der Waals surface area contributed by atoms with E-state index in [1.807, 2.05) is 12.1 Å². The predicted molar refractivity (Wildman–Crippen MR) is 91.9 cm³/mol. The lowest BCUT2D eigenvalue weighted by atomic mass is 10.2. The van der Waals surface area contributed by atoms with Crippen LogP contribution in [-0.2, 0) is 4.79 Å². The minimum Gasteiger partial charge on any atom is -0.507 e. The Bertz CT molecular complexity index is 798. The summed E-state index contributed by atoms with van der Waals surface area (Å²) in [4.78, 5) is 16.9. The molecule has 0 spiro atoms. The van der Waals surface area contributed by atoms with Crippen LogP contribution < -0.4 is 10.1 Å². The Balaban J connectivity index is 1.81. The van der Waals surface area contributed by atoms with Gasteiger partial charge in [-0.25, -0.2) is 4.99 Å². The highest BCUT2D eigenvalue weighted by Gasteiger charge is 2.24. The quantitative estimate of drug-likeness (QED) is 0.849. The first-order valence-electron chi connectivity index (χ1n) is 6.87. The minimum absolute atomic E-state index is 0.133. The number of phenolic OH excluding ortho intramolecular Hbond substituents is 1. The Morgan fingerprint density at radius 2 is 1.91 bits per heavy atom. The molecule has 0 aromatic heterocycles. The molecule has 0 bridgehead atoms. The monoisotopic (exact) mass is 326 g/mol. The van der Waals surface area contributed by atoms with Crippen LogP contribution in [0.15, 0.2) is 58.4 Å². The number of carbonyl (C=O) groups is 1. The molecule has 116 valence electrons. The number of ether oxygens (including phenoxy) is 1. The number of amides is 1. The van der Waals surface area contributed by atoms with Crippen molar-refractivity contribution < 1.29 is 14.6 Å². The van der Waals surface area contributed by atoms with Gasteiger partial charge in [-0.05, 0) is 48.2 Å². The maximum Gasteiger partial charge on any atom is 0.264 e. The Hall–Kier alpha value is -2.73. The molecule has 2 aromatic rings. The van der Waals surface area contributed by atoms with Gasteiger partial charge in [0.25, 0.3) is 5.91 Å². The standard InChI is InChI=1S/C17H14N2O3S/c1-22-13-8-6-12(7-9-13)18-17-19-16(21)15(23-17)10-11-4-2-3-5-14(11)20/h2-10,20H,1H3,(H,18,19,21). The molecule has 2 N–H and O–H groups in total. The molecular formula is C17H14N2O3S. The molecule has 0 radical (unpaired) electrons. The summed E-state index contributed by atoms with van der Waals surface area (Å²) >= 11 is 1.24. The Morgan fingerprint density at radius 1 is 1.17 bits per heavy atom. The van der Waals surface area contributed by atoms with Gasteiger partial charge in [0, 0.05) is 5.56 Å². The fourth-order valence-corrected chi connectivity index (χ4v) is 2.84. The SMILES string of the molecule is COc1ccc(N=C2NC(=O)C(=Cc3ccccc3O)S2)cc1. The topological polar surface area (TPSA) is 70.9 Å². The van der Waals surface area contributed by atoms with Crippen LogP contribution in [0.5, 0.6) is 11.5 Å². The van der Waals surface area contributed by atoms with Crippen molar-refractivity contribution in [2.75, 3.05) is 7.11 Å². The highest BCUT2D eigenvalue weighted by molar-refractivity contribution is 8.18. The number of methoxy groups -OCH3 is 1. The number of carbonyl (C=O) groups excluding carboxylic acids is 1. The van der Waals surface area contributed by atoms with E-state index in [2.05, 4.69) is 10.3 Å². The highest BCUT2D eigenvalue weighted by atomic mass is 32.2. The van der Waals surface area contributed by atoms with Crippen molar-refractivity contribution in [2.24, 2.45) is 4.99 Å². The van der Waals surface area contributed by atoms with E-state index in [4.69, 9.17) is 4.74 Å². The minimum atomic E-state index is -0.231. The maximum absolute atomic E-state index is 12.0. The van der Waals surface area contributed by atoms with Crippen LogP contribution in [0.2, 0.25) is 0 Å². The van der Waals surface area contributed by atoms with Crippen molar-refractivity contribution in [1.29, 1.82) is 0 Å². The van der Waals surface area contributed by atoms with Crippen LogP contribution in [0.3, 0.4) is 0 Å². The number of para-hydroxylation sites is 1. The lowest BCUT2D eigenvalue weighted by Crippen LogP contribution is -2.19. The third kappa shape index (κ3) is 3.54. The summed E-state index contributed by atoms with van der Waals surface area (Å²) in [7, 11) is 1.60. The van der Waals surface area contributed by atoms with Gasteiger partial charge in [0.2, 0.25) is 0 Å². The van der Waals surface area contributed by atoms with Gasteiger partial charge in [0.15, 0.2) is 5.17 Å². The molecule has 5 nitrogen and oxygen atoms in total. The van der Waals surface area contributed by atoms with Crippen molar-refractivity contribution in [3.8, 4) is 11.5 Å². The fraction of sp³-hybridized carbons (Fsp3) is 0.0588. The van der Waals surface area contributed by atoms with Gasteiger partial charge in [-0.1, -0.05) is 18.2 Å². The number of amidine groups is 1. The van der Waals surface area contributed by atoms with E-state index in [0.717, 1.165) is 11.4 Å². The van der Waals surface area contributed by atoms with E-state index in [9.17, 15) is 9.90 Å². The number of thioether (sulfide) groups is 1. The van der Waals surface area contributed by atoms with Crippen LogP contribution in [0.25, 0.3) is 6.08 Å². The molecule has 6 heteroatoms. The molecule has 3 rings (SSSR count). The number of hydrogen-bond acceptors (Lipinski definition) is 5. The van der Waals surface area contributed by atoms with Crippen molar-refractivity contribution in [3.05, 3.63) is 59.0 Å². The van der Waals surface area contributed by atoms with Crippen molar-refractivity contribution in [1.82, 2.24) is 5.32 Å². The number of rotatable bonds is 3. The second kappa shape index (κ2) is 6.58. The first kappa shape index (κ1) is 15.2. The van der Waals surface area contributed by atoms with E-state index >= 15 is 0 Å². The van der Waals surface area contributed by atoms with Crippen LogP contribution in [0.1, 0.15) is 5.56 Å². The van der Waals surface area contributed by atoms with Crippen molar-refractivity contribution >= 4 is 34.6 Å². The highest BCUT2D eigenvalue weighted by Crippen LogP contribution is 2.30. The van der Waals surface area contributed by atoms with Crippen LogP contribution in [0, 0.1) is 0 Å². The van der Waals surface area contributed by atoms with E-state index in [1.165, 1.54) is 11.8 Å². The van der Waals surface area contributed by atoms with Crippen molar-refractivity contribution in [2.45, 2.75) is 0 Å². The van der Waals surface area contributed by atoms with Crippen molar-refractivity contribution in [3.63, 3.8) is 0 Å². The molecule has 0 aliphatic carbocycles. The molecule has 1 aliphatic heterocycles.